The van der Waals surface area contributed by atoms with Crippen LogP contribution in [0.1, 0.15) is 20.8 Å². The van der Waals surface area contributed by atoms with E-state index in [1.165, 1.54) is 0 Å². The zero-order valence-corrected chi connectivity index (χ0v) is 11.3. The largest absolute Gasteiger partial charge is 0.380 e. The van der Waals surface area contributed by atoms with Crippen LogP contribution in [0.2, 0.25) is 0 Å². The number of hydrogen-bond donors (Lipinski definition) is 3. The van der Waals surface area contributed by atoms with Gasteiger partial charge in [-0.05, 0) is 5.92 Å². The second-order valence-electron chi connectivity index (χ2n) is 5.57. The molecule has 0 spiro atoms. The molecule has 0 unspecified atom stereocenters. The van der Waals surface area contributed by atoms with E-state index in [1.54, 1.807) is 0 Å². The van der Waals surface area contributed by atoms with Crippen molar-refractivity contribution >= 4 is 11.8 Å². The fourth-order valence-electron chi connectivity index (χ4n) is 1.52. The fraction of sp³-hybridized carbons (Fsp3) is 0.833. The van der Waals surface area contributed by atoms with E-state index in [1.807, 2.05) is 20.8 Å². The molecule has 18 heavy (non-hydrogen) atoms. The molecule has 1 atom stereocenters. The molecular weight excluding hydrogens is 234 g/mol. The number of nitrogens with two attached hydrogens (primary N) is 1. The summed E-state index contributed by atoms with van der Waals surface area (Å²) in [6.07, 6.45) is 0. The molecule has 1 heterocycles. The van der Waals surface area contributed by atoms with Crippen LogP contribution in [0, 0.1) is 11.3 Å². The van der Waals surface area contributed by atoms with Crippen molar-refractivity contribution in [3.63, 3.8) is 0 Å². The smallest absolute Gasteiger partial charge is 0.239 e. The van der Waals surface area contributed by atoms with Gasteiger partial charge in [0.1, 0.15) is 0 Å². The highest BCUT2D eigenvalue weighted by molar-refractivity contribution is 5.87. The molecule has 104 valence electrons. The third kappa shape index (κ3) is 4.27. The summed E-state index contributed by atoms with van der Waals surface area (Å²) in [5.41, 5.74) is 5.70. The van der Waals surface area contributed by atoms with Crippen LogP contribution in [0.3, 0.4) is 0 Å². The van der Waals surface area contributed by atoms with Crippen LogP contribution in [0.25, 0.3) is 0 Å². The average Bonchev–Trinajstić information content (AvgIpc) is 2.29. The first-order chi connectivity index (χ1) is 8.34. The molecule has 1 saturated heterocycles. The fourth-order valence-corrected chi connectivity index (χ4v) is 1.52. The Bertz CT molecular complexity index is 314. The molecule has 0 aromatic rings. The van der Waals surface area contributed by atoms with Gasteiger partial charge in [-0.25, -0.2) is 0 Å². The Labute approximate surface area is 108 Å². The molecule has 0 radical (unpaired) electrons. The number of carbonyl (C=O) groups excluding carboxylic acids is 2. The van der Waals surface area contributed by atoms with Gasteiger partial charge < -0.3 is 21.1 Å². The van der Waals surface area contributed by atoms with Gasteiger partial charge in [0.05, 0.1) is 25.8 Å². The Hall–Kier alpha value is -1.14. The molecule has 2 amide bonds. The van der Waals surface area contributed by atoms with Gasteiger partial charge in [0.25, 0.3) is 0 Å². The van der Waals surface area contributed by atoms with Gasteiger partial charge in [-0.3, -0.25) is 9.59 Å². The van der Waals surface area contributed by atoms with Crippen molar-refractivity contribution in [3.8, 4) is 0 Å². The summed E-state index contributed by atoms with van der Waals surface area (Å²) in [6, 6.07) is -0.574. The molecule has 4 N–H and O–H groups in total. The molecule has 0 aromatic carbocycles. The summed E-state index contributed by atoms with van der Waals surface area (Å²) in [5, 5.41) is 5.30. The first-order valence-electron chi connectivity index (χ1n) is 6.22. The molecule has 1 aliphatic heterocycles. The lowest BCUT2D eigenvalue weighted by Crippen LogP contribution is -2.51. The van der Waals surface area contributed by atoms with Crippen molar-refractivity contribution in [1.82, 2.24) is 10.6 Å². The number of rotatable bonds is 6. The predicted octanol–water partition coefficient (Wildman–Crippen LogP) is -0.761. The van der Waals surface area contributed by atoms with Gasteiger partial charge in [0.15, 0.2) is 0 Å². The Kier molecular flexibility index (Phi) is 5.10. The van der Waals surface area contributed by atoms with Crippen molar-refractivity contribution in [2.45, 2.75) is 26.8 Å². The van der Waals surface area contributed by atoms with Crippen molar-refractivity contribution in [1.29, 1.82) is 0 Å². The number of amides is 2. The predicted molar refractivity (Wildman–Crippen MR) is 67.8 cm³/mol. The maximum Gasteiger partial charge on any atom is 0.239 e. The van der Waals surface area contributed by atoms with E-state index in [0.29, 0.717) is 19.8 Å². The van der Waals surface area contributed by atoms with Gasteiger partial charge in [0.2, 0.25) is 11.8 Å². The van der Waals surface area contributed by atoms with Gasteiger partial charge in [-0.2, -0.15) is 0 Å². The maximum atomic E-state index is 11.5. The van der Waals surface area contributed by atoms with Gasteiger partial charge in [-0.1, -0.05) is 20.8 Å². The second-order valence-corrected chi connectivity index (χ2v) is 5.57. The topological polar surface area (TPSA) is 93.5 Å². The standard InChI is InChI=1S/C12H23N3O3/c1-8(2)10(13)11(17)14-4-9(16)15-5-12(3)6-18-7-12/h8,10H,4-7,13H2,1-3H3,(H,14,17)(H,15,16)/t10-/m0/s1. The summed E-state index contributed by atoms with van der Waals surface area (Å²) < 4.78 is 5.09. The van der Waals surface area contributed by atoms with Crippen molar-refractivity contribution in [3.05, 3.63) is 0 Å². The van der Waals surface area contributed by atoms with Gasteiger partial charge in [0, 0.05) is 12.0 Å². The molecule has 1 rings (SSSR count). The van der Waals surface area contributed by atoms with E-state index < -0.39 is 6.04 Å². The highest BCUT2D eigenvalue weighted by Crippen LogP contribution is 2.24. The third-order valence-electron chi connectivity index (χ3n) is 3.06. The van der Waals surface area contributed by atoms with Crippen LogP contribution in [0.4, 0.5) is 0 Å². The summed E-state index contributed by atoms with van der Waals surface area (Å²) in [4.78, 5) is 23.0. The van der Waals surface area contributed by atoms with E-state index in [4.69, 9.17) is 10.5 Å². The third-order valence-corrected chi connectivity index (χ3v) is 3.06. The summed E-state index contributed by atoms with van der Waals surface area (Å²) in [5.74, 6) is -0.440. The number of carbonyl (C=O) groups is 2. The summed E-state index contributed by atoms with van der Waals surface area (Å²) >= 11 is 0. The lowest BCUT2D eigenvalue weighted by molar-refractivity contribution is -0.130. The first-order valence-corrected chi connectivity index (χ1v) is 6.22. The Morgan fingerprint density at radius 2 is 1.94 bits per heavy atom. The van der Waals surface area contributed by atoms with Crippen LogP contribution in [-0.4, -0.2) is 44.2 Å². The molecule has 6 nitrogen and oxygen atoms in total. The second kappa shape index (κ2) is 6.15. The maximum absolute atomic E-state index is 11.5. The van der Waals surface area contributed by atoms with Gasteiger partial charge >= 0.3 is 0 Å². The quantitative estimate of drug-likeness (QED) is 0.583. The number of nitrogens with one attached hydrogen (secondary N) is 2. The van der Waals surface area contributed by atoms with Crippen LogP contribution >= 0.6 is 0 Å². The van der Waals surface area contributed by atoms with E-state index >= 15 is 0 Å². The van der Waals surface area contributed by atoms with Crippen LogP contribution < -0.4 is 16.4 Å². The number of ether oxygens (including phenoxy) is 1. The van der Waals surface area contributed by atoms with E-state index in [9.17, 15) is 9.59 Å². The summed E-state index contributed by atoms with van der Waals surface area (Å²) in [6.45, 7) is 7.64. The number of hydrogen-bond acceptors (Lipinski definition) is 4. The molecular formula is C12H23N3O3. The van der Waals surface area contributed by atoms with Crippen LogP contribution in [0.15, 0.2) is 0 Å². The van der Waals surface area contributed by atoms with Crippen LogP contribution in [-0.2, 0) is 14.3 Å². The normalized spacial score (nSPS) is 18.9. The molecule has 0 aliphatic carbocycles. The monoisotopic (exact) mass is 257 g/mol. The van der Waals surface area contributed by atoms with Crippen LogP contribution in [0.5, 0.6) is 0 Å². The zero-order valence-electron chi connectivity index (χ0n) is 11.3. The lowest BCUT2D eigenvalue weighted by atomic mass is 9.89. The SMILES string of the molecule is CC(C)[C@H](N)C(=O)NCC(=O)NCC1(C)COC1. The Morgan fingerprint density at radius 3 is 2.39 bits per heavy atom. The lowest BCUT2D eigenvalue weighted by Gasteiger charge is -2.38. The zero-order chi connectivity index (χ0) is 13.8. The molecule has 0 bridgehead atoms. The highest BCUT2D eigenvalue weighted by Gasteiger charge is 2.33. The minimum absolute atomic E-state index is 0.0316. The average molecular weight is 257 g/mol. The minimum Gasteiger partial charge on any atom is -0.380 e. The van der Waals surface area contributed by atoms with Crippen molar-refractivity contribution in [2.24, 2.45) is 17.1 Å². The molecule has 1 fully saturated rings. The highest BCUT2D eigenvalue weighted by atomic mass is 16.5. The van der Waals surface area contributed by atoms with Crippen molar-refractivity contribution in [2.75, 3.05) is 26.3 Å². The minimum atomic E-state index is -0.574. The molecule has 0 aromatic heterocycles. The molecule has 1 aliphatic rings. The van der Waals surface area contributed by atoms with E-state index in [-0.39, 0.29) is 29.7 Å². The Morgan fingerprint density at radius 1 is 1.33 bits per heavy atom. The Balaban J connectivity index is 2.18. The first kappa shape index (κ1) is 14.9. The molecule has 6 heteroatoms. The molecule has 0 saturated carbocycles. The van der Waals surface area contributed by atoms with Gasteiger partial charge in [-0.15, -0.1) is 0 Å². The van der Waals surface area contributed by atoms with E-state index in [0.717, 1.165) is 0 Å². The van der Waals surface area contributed by atoms with E-state index in [2.05, 4.69) is 10.6 Å². The summed E-state index contributed by atoms with van der Waals surface area (Å²) in [7, 11) is 0. The van der Waals surface area contributed by atoms with Crippen molar-refractivity contribution < 1.29 is 14.3 Å².